The van der Waals surface area contributed by atoms with Gasteiger partial charge in [0.25, 0.3) is 5.91 Å². The second-order valence-electron chi connectivity index (χ2n) is 4.07. The number of carbonyl (C=O) groups is 1. The van der Waals surface area contributed by atoms with E-state index in [1.807, 2.05) is 0 Å². The van der Waals surface area contributed by atoms with Gasteiger partial charge in [0.2, 0.25) is 0 Å². The third-order valence-corrected chi connectivity index (χ3v) is 2.50. The van der Waals surface area contributed by atoms with Crippen molar-refractivity contribution >= 4 is 5.91 Å². The van der Waals surface area contributed by atoms with Crippen LogP contribution in [0.25, 0.3) is 0 Å². The SMILES string of the molecule is CCC[C@@H](c1nc(C(N)=O)co1)C(C)C. The van der Waals surface area contributed by atoms with E-state index in [-0.39, 0.29) is 11.6 Å². The molecule has 0 fully saturated rings. The van der Waals surface area contributed by atoms with Crippen LogP contribution in [0, 0.1) is 5.92 Å². The molecule has 4 heteroatoms. The van der Waals surface area contributed by atoms with Crippen LogP contribution in [-0.4, -0.2) is 10.9 Å². The maximum Gasteiger partial charge on any atom is 0.270 e. The van der Waals surface area contributed by atoms with Crippen molar-refractivity contribution < 1.29 is 9.21 Å². The average Bonchev–Trinajstić information content (AvgIpc) is 2.62. The summed E-state index contributed by atoms with van der Waals surface area (Å²) in [6.45, 7) is 6.36. The highest BCUT2D eigenvalue weighted by Gasteiger charge is 2.21. The fourth-order valence-corrected chi connectivity index (χ4v) is 1.62. The minimum atomic E-state index is -0.538. The Morgan fingerprint density at radius 1 is 1.60 bits per heavy atom. The van der Waals surface area contributed by atoms with Gasteiger partial charge in [-0.2, -0.15) is 0 Å². The third-order valence-electron chi connectivity index (χ3n) is 2.50. The lowest BCUT2D eigenvalue weighted by molar-refractivity contribution is 0.0995. The van der Waals surface area contributed by atoms with Crippen LogP contribution in [0.1, 0.15) is 55.9 Å². The second-order valence-corrected chi connectivity index (χ2v) is 4.07. The summed E-state index contributed by atoms with van der Waals surface area (Å²) in [6.07, 6.45) is 3.41. The number of hydrogen-bond acceptors (Lipinski definition) is 3. The molecule has 0 unspecified atom stereocenters. The van der Waals surface area contributed by atoms with Gasteiger partial charge in [0.1, 0.15) is 6.26 Å². The topological polar surface area (TPSA) is 69.1 Å². The van der Waals surface area contributed by atoms with E-state index in [9.17, 15) is 4.79 Å². The fraction of sp³-hybridized carbons (Fsp3) is 0.636. The maximum atomic E-state index is 10.9. The Balaban J connectivity index is 2.86. The Morgan fingerprint density at radius 3 is 2.67 bits per heavy atom. The molecular weight excluding hydrogens is 192 g/mol. The molecule has 1 aromatic heterocycles. The van der Waals surface area contributed by atoms with Crippen LogP contribution in [0.3, 0.4) is 0 Å². The Morgan fingerprint density at radius 2 is 2.27 bits per heavy atom. The van der Waals surface area contributed by atoms with Gasteiger partial charge in [-0.1, -0.05) is 27.2 Å². The van der Waals surface area contributed by atoms with Crippen LogP contribution in [0.5, 0.6) is 0 Å². The normalized spacial score (nSPS) is 13.1. The first kappa shape index (κ1) is 11.8. The number of oxazole rings is 1. The van der Waals surface area contributed by atoms with Crippen molar-refractivity contribution in [3.05, 3.63) is 17.8 Å². The molecule has 0 bridgehead atoms. The molecule has 0 aliphatic heterocycles. The van der Waals surface area contributed by atoms with Gasteiger partial charge >= 0.3 is 0 Å². The van der Waals surface area contributed by atoms with Crippen LogP contribution in [-0.2, 0) is 0 Å². The molecule has 1 amide bonds. The van der Waals surface area contributed by atoms with E-state index in [4.69, 9.17) is 10.2 Å². The molecule has 15 heavy (non-hydrogen) atoms. The molecule has 1 aromatic rings. The van der Waals surface area contributed by atoms with Crippen molar-refractivity contribution in [1.82, 2.24) is 4.98 Å². The predicted octanol–water partition coefficient (Wildman–Crippen LogP) is 2.31. The summed E-state index contributed by atoms with van der Waals surface area (Å²) in [5.41, 5.74) is 5.33. The summed E-state index contributed by atoms with van der Waals surface area (Å²) in [4.78, 5) is 15.0. The molecule has 1 heterocycles. The Labute approximate surface area is 89.9 Å². The molecule has 0 saturated carbocycles. The number of nitrogens with two attached hydrogens (primary N) is 1. The maximum absolute atomic E-state index is 10.9. The fourth-order valence-electron chi connectivity index (χ4n) is 1.62. The van der Waals surface area contributed by atoms with Crippen LogP contribution >= 0.6 is 0 Å². The molecular formula is C11H18N2O2. The van der Waals surface area contributed by atoms with Gasteiger partial charge in [0, 0.05) is 5.92 Å². The quantitative estimate of drug-likeness (QED) is 0.810. The van der Waals surface area contributed by atoms with E-state index < -0.39 is 5.91 Å². The van der Waals surface area contributed by atoms with Crippen molar-refractivity contribution in [2.75, 3.05) is 0 Å². The number of aromatic nitrogens is 1. The zero-order valence-corrected chi connectivity index (χ0v) is 9.49. The lowest BCUT2D eigenvalue weighted by Crippen LogP contribution is -2.12. The van der Waals surface area contributed by atoms with E-state index in [0.717, 1.165) is 12.8 Å². The third kappa shape index (κ3) is 2.81. The molecule has 0 saturated heterocycles. The number of amides is 1. The van der Waals surface area contributed by atoms with Crippen molar-refractivity contribution in [3.63, 3.8) is 0 Å². The molecule has 84 valence electrons. The Hall–Kier alpha value is -1.32. The van der Waals surface area contributed by atoms with E-state index in [1.54, 1.807) is 0 Å². The number of nitrogens with zero attached hydrogens (tertiary/aromatic N) is 1. The monoisotopic (exact) mass is 210 g/mol. The summed E-state index contributed by atoms with van der Waals surface area (Å²) in [7, 11) is 0. The molecule has 1 rings (SSSR count). The van der Waals surface area contributed by atoms with Crippen molar-refractivity contribution in [2.24, 2.45) is 11.7 Å². The lowest BCUT2D eigenvalue weighted by Gasteiger charge is -2.15. The summed E-state index contributed by atoms with van der Waals surface area (Å²) >= 11 is 0. The van der Waals surface area contributed by atoms with Gasteiger partial charge in [-0.25, -0.2) is 4.98 Å². The van der Waals surface area contributed by atoms with E-state index >= 15 is 0 Å². The van der Waals surface area contributed by atoms with E-state index in [2.05, 4.69) is 25.8 Å². The number of rotatable bonds is 5. The molecule has 0 radical (unpaired) electrons. The van der Waals surface area contributed by atoms with E-state index in [1.165, 1.54) is 6.26 Å². The largest absolute Gasteiger partial charge is 0.448 e. The van der Waals surface area contributed by atoms with Gasteiger partial charge in [0.05, 0.1) is 0 Å². The zero-order chi connectivity index (χ0) is 11.4. The Kier molecular flexibility index (Phi) is 3.88. The number of hydrogen-bond donors (Lipinski definition) is 1. The predicted molar refractivity (Wildman–Crippen MR) is 57.5 cm³/mol. The van der Waals surface area contributed by atoms with Crippen molar-refractivity contribution in [3.8, 4) is 0 Å². The highest BCUT2D eigenvalue weighted by atomic mass is 16.3. The number of primary amides is 1. The first-order valence-corrected chi connectivity index (χ1v) is 5.31. The highest BCUT2D eigenvalue weighted by molar-refractivity contribution is 5.90. The molecule has 0 spiro atoms. The molecule has 0 aliphatic rings. The lowest BCUT2D eigenvalue weighted by atomic mass is 9.91. The minimum absolute atomic E-state index is 0.215. The standard InChI is InChI=1S/C11H18N2O2/c1-4-5-8(7(2)3)11-13-9(6-15-11)10(12)14/h6-8H,4-5H2,1-3H3,(H2,12,14)/t8-/m1/s1. The molecule has 4 nitrogen and oxygen atoms in total. The van der Waals surface area contributed by atoms with Crippen LogP contribution in [0.4, 0.5) is 0 Å². The van der Waals surface area contributed by atoms with Crippen LogP contribution < -0.4 is 5.73 Å². The smallest absolute Gasteiger partial charge is 0.270 e. The molecule has 0 aromatic carbocycles. The summed E-state index contributed by atoms with van der Waals surface area (Å²) in [5, 5.41) is 0. The Bertz CT molecular complexity index is 331. The zero-order valence-electron chi connectivity index (χ0n) is 9.49. The van der Waals surface area contributed by atoms with Crippen molar-refractivity contribution in [2.45, 2.75) is 39.5 Å². The van der Waals surface area contributed by atoms with Gasteiger partial charge in [-0.3, -0.25) is 4.79 Å². The summed E-state index contributed by atoms with van der Waals surface area (Å²) in [5.74, 6) is 0.803. The first-order valence-electron chi connectivity index (χ1n) is 5.31. The summed E-state index contributed by atoms with van der Waals surface area (Å²) < 4.78 is 5.29. The second kappa shape index (κ2) is 4.96. The van der Waals surface area contributed by atoms with Crippen molar-refractivity contribution in [1.29, 1.82) is 0 Å². The van der Waals surface area contributed by atoms with E-state index in [0.29, 0.717) is 11.8 Å². The first-order chi connectivity index (χ1) is 7.06. The van der Waals surface area contributed by atoms with Gasteiger partial charge < -0.3 is 10.2 Å². The molecule has 0 aliphatic carbocycles. The summed E-state index contributed by atoms with van der Waals surface area (Å²) in [6, 6.07) is 0. The van der Waals surface area contributed by atoms with Crippen LogP contribution in [0.2, 0.25) is 0 Å². The molecule has 2 N–H and O–H groups in total. The van der Waals surface area contributed by atoms with Gasteiger partial charge in [-0.05, 0) is 12.3 Å². The van der Waals surface area contributed by atoms with Crippen LogP contribution in [0.15, 0.2) is 10.7 Å². The van der Waals surface area contributed by atoms with Gasteiger partial charge in [-0.15, -0.1) is 0 Å². The number of carbonyl (C=O) groups excluding carboxylic acids is 1. The molecule has 1 atom stereocenters. The average molecular weight is 210 g/mol. The highest BCUT2D eigenvalue weighted by Crippen LogP contribution is 2.28. The minimum Gasteiger partial charge on any atom is -0.448 e. The van der Waals surface area contributed by atoms with Gasteiger partial charge in [0.15, 0.2) is 11.6 Å².